The Labute approximate surface area is 130 Å². The Bertz CT molecular complexity index is 502. The number of fused-ring (bicyclic) bond motifs is 4. The first-order valence-corrected chi connectivity index (χ1v) is 8.63. The number of amides is 1. The molecule has 0 saturated carbocycles. The van der Waals surface area contributed by atoms with Gasteiger partial charge in [0.1, 0.15) is 0 Å². The third kappa shape index (κ3) is 3.15. The number of hydrogen-bond acceptors (Lipinski definition) is 4. The lowest BCUT2D eigenvalue weighted by Gasteiger charge is -2.35. The zero-order valence-corrected chi connectivity index (χ0v) is 13.7. The van der Waals surface area contributed by atoms with E-state index in [0.717, 1.165) is 43.2 Å². The van der Waals surface area contributed by atoms with Crippen LogP contribution in [0.3, 0.4) is 0 Å². The van der Waals surface area contributed by atoms with Crippen LogP contribution in [0.25, 0.3) is 0 Å². The number of thiophene rings is 1. The zero-order valence-electron chi connectivity index (χ0n) is 12.9. The molecule has 0 spiro atoms. The van der Waals surface area contributed by atoms with Gasteiger partial charge in [0, 0.05) is 39.3 Å². The number of hydrogen-bond donors (Lipinski definition) is 0. The number of nitrogens with zero attached hydrogens (tertiary/aromatic N) is 2. The number of aryl methyl sites for hydroxylation is 1. The molecule has 0 radical (unpaired) electrons. The summed E-state index contributed by atoms with van der Waals surface area (Å²) in [5.41, 5.74) is 1.11. The molecule has 0 unspecified atom stereocenters. The molecule has 0 N–H and O–H groups in total. The van der Waals surface area contributed by atoms with Crippen LogP contribution in [0.15, 0.2) is 11.4 Å². The maximum absolute atomic E-state index is 12.8. The minimum Gasteiger partial charge on any atom is -0.383 e. The van der Waals surface area contributed by atoms with Gasteiger partial charge in [-0.15, -0.1) is 11.3 Å². The molecule has 5 heteroatoms. The lowest BCUT2D eigenvalue weighted by molar-refractivity contribution is 0.0721. The van der Waals surface area contributed by atoms with Crippen LogP contribution >= 0.6 is 11.3 Å². The predicted octanol–water partition coefficient (Wildman–Crippen LogP) is 2.24. The van der Waals surface area contributed by atoms with E-state index in [1.807, 2.05) is 18.4 Å². The van der Waals surface area contributed by atoms with Crippen LogP contribution in [-0.2, 0) is 4.74 Å². The molecule has 0 aliphatic carbocycles. The predicted molar refractivity (Wildman–Crippen MR) is 84.9 cm³/mol. The Morgan fingerprint density at radius 2 is 2.24 bits per heavy atom. The summed E-state index contributed by atoms with van der Waals surface area (Å²) in [7, 11) is 1.76. The average molecular weight is 308 g/mol. The third-order valence-corrected chi connectivity index (χ3v) is 5.76. The van der Waals surface area contributed by atoms with Gasteiger partial charge in [-0.05, 0) is 42.7 Å². The highest BCUT2D eigenvalue weighted by Gasteiger charge is 2.36. The topological polar surface area (TPSA) is 32.8 Å². The molecule has 2 bridgehead atoms. The second-order valence-electron chi connectivity index (χ2n) is 6.23. The number of carbonyl (C=O) groups excluding carboxylic acids is 1. The van der Waals surface area contributed by atoms with Gasteiger partial charge in [-0.25, -0.2) is 0 Å². The first-order chi connectivity index (χ1) is 10.2. The van der Waals surface area contributed by atoms with Crippen molar-refractivity contribution >= 4 is 17.2 Å². The molecule has 21 heavy (non-hydrogen) atoms. The summed E-state index contributed by atoms with van der Waals surface area (Å²) in [6, 6.07) is 2.54. The molecule has 4 nitrogen and oxygen atoms in total. The Morgan fingerprint density at radius 3 is 2.95 bits per heavy atom. The molecule has 4 rings (SSSR count). The first kappa shape index (κ1) is 15.0. The van der Waals surface area contributed by atoms with Crippen LogP contribution in [0, 0.1) is 12.8 Å². The van der Waals surface area contributed by atoms with Gasteiger partial charge in [0.2, 0.25) is 0 Å². The van der Waals surface area contributed by atoms with Crippen LogP contribution in [-0.4, -0.2) is 61.6 Å². The van der Waals surface area contributed by atoms with Gasteiger partial charge < -0.3 is 9.64 Å². The van der Waals surface area contributed by atoms with Crippen molar-refractivity contribution in [3.05, 3.63) is 21.9 Å². The molecule has 3 aliphatic rings. The van der Waals surface area contributed by atoms with Crippen LogP contribution in [0.1, 0.15) is 28.1 Å². The molecule has 3 saturated heterocycles. The van der Waals surface area contributed by atoms with Gasteiger partial charge in [-0.3, -0.25) is 9.69 Å². The van der Waals surface area contributed by atoms with Crippen molar-refractivity contribution in [1.82, 2.24) is 9.80 Å². The highest BCUT2D eigenvalue weighted by atomic mass is 32.1. The molecule has 1 aromatic heterocycles. The van der Waals surface area contributed by atoms with Gasteiger partial charge >= 0.3 is 0 Å². The van der Waals surface area contributed by atoms with E-state index in [4.69, 9.17) is 4.74 Å². The van der Waals surface area contributed by atoms with Crippen molar-refractivity contribution in [2.45, 2.75) is 25.8 Å². The molecule has 1 aromatic rings. The molecular weight excluding hydrogens is 284 g/mol. The van der Waals surface area contributed by atoms with Gasteiger partial charge in [0.15, 0.2) is 0 Å². The lowest BCUT2D eigenvalue weighted by Crippen LogP contribution is -2.45. The SMILES string of the molecule is COCCN1C[C@@H]2CC[C@H]1CN(C(=O)c1sccc1C)C2. The standard InChI is InChI=1S/C16H24N2O2S/c1-12-5-8-21-15(12)16(19)18-10-13-3-4-14(11-18)17(9-13)6-7-20-2/h5,8,13-14H,3-4,6-7,9-11H2,1-2H3/t13-,14-/m0/s1. The van der Waals surface area contributed by atoms with E-state index in [1.54, 1.807) is 18.4 Å². The maximum Gasteiger partial charge on any atom is 0.264 e. The largest absolute Gasteiger partial charge is 0.383 e. The monoisotopic (exact) mass is 308 g/mol. The van der Waals surface area contributed by atoms with E-state index in [1.165, 1.54) is 12.8 Å². The van der Waals surface area contributed by atoms with Crippen LogP contribution in [0.5, 0.6) is 0 Å². The van der Waals surface area contributed by atoms with Crippen molar-refractivity contribution in [2.75, 3.05) is 39.9 Å². The molecule has 3 aliphatic heterocycles. The Balaban J connectivity index is 1.72. The van der Waals surface area contributed by atoms with Crippen molar-refractivity contribution < 1.29 is 9.53 Å². The zero-order chi connectivity index (χ0) is 14.8. The second-order valence-corrected chi connectivity index (χ2v) is 7.14. The first-order valence-electron chi connectivity index (χ1n) is 7.75. The Morgan fingerprint density at radius 1 is 1.38 bits per heavy atom. The minimum atomic E-state index is 0.230. The summed E-state index contributed by atoms with van der Waals surface area (Å²) in [5, 5.41) is 2.01. The summed E-state index contributed by atoms with van der Waals surface area (Å²) in [6.45, 7) is 6.69. The molecule has 2 atom stereocenters. The highest BCUT2D eigenvalue weighted by Crippen LogP contribution is 2.29. The smallest absolute Gasteiger partial charge is 0.264 e. The number of carbonyl (C=O) groups is 1. The number of methoxy groups -OCH3 is 1. The summed E-state index contributed by atoms with van der Waals surface area (Å²) < 4.78 is 5.22. The fourth-order valence-electron chi connectivity index (χ4n) is 3.56. The summed E-state index contributed by atoms with van der Waals surface area (Å²) in [6.07, 6.45) is 2.46. The normalized spacial score (nSPS) is 26.1. The fourth-order valence-corrected chi connectivity index (χ4v) is 4.45. The maximum atomic E-state index is 12.8. The quantitative estimate of drug-likeness (QED) is 0.855. The average Bonchev–Trinajstić information content (AvgIpc) is 2.72. The van der Waals surface area contributed by atoms with E-state index < -0.39 is 0 Å². The van der Waals surface area contributed by atoms with Crippen LogP contribution < -0.4 is 0 Å². The lowest BCUT2D eigenvalue weighted by atomic mass is 9.95. The van der Waals surface area contributed by atoms with Crippen LogP contribution in [0.4, 0.5) is 0 Å². The van der Waals surface area contributed by atoms with Crippen molar-refractivity contribution in [3.8, 4) is 0 Å². The van der Waals surface area contributed by atoms with Crippen molar-refractivity contribution in [1.29, 1.82) is 0 Å². The number of ether oxygens (including phenoxy) is 1. The van der Waals surface area contributed by atoms with E-state index >= 15 is 0 Å². The van der Waals surface area contributed by atoms with E-state index in [-0.39, 0.29) is 5.91 Å². The highest BCUT2D eigenvalue weighted by molar-refractivity contribution is 7.12. The van der Waals surface area contributed by atoms with E-state index in [9.17, 15) is 4.79 Å². The third-order valence-electron chi connectivity index (χ3n) is 4.75. The van der Waals surface area contributed by atoms with E-state index in [0.29, 0.717) is 12.0 Å². The van der Waals surface area contributed by atoms with Gasteiger partial charge in [-0.1, -0.05) is 0 Å². The molecule has 116 valence electrons. The van der Waals surface area contributed by atoms with Gasteiger partial charge in [0.05, 0.1) is 11.5 Å². The second kappa shape index (κ2) is 6.46. The Kier molecular flexibility index (Phi) is 4.62. The molecule has 1 amide bonds. The van der Waals surface area contributed by atoms with Crippen LogP contribution in [0.2, 0.25) is 0 Å². The summed E-state index contributed by atoms with van der Waals surface area (Å²) in [5.74, 6) is 0.845. The molecule has 4 heterocycles. The number of piperidine rings is 1. The molecule has 3 fully saturated rings. The summed E-state index contributed by atoms with van der Waals surface area (Å²) >= 11 is 1.57. The number of rotatable bonds is 4. The van der Waals surface area contributed by atoms with E-state index in [2.05, 4.69) is 9.80 Å². The van der Waals surface area contributed by atoms with Crippen molar-refractivity contribution in [2.24, 2.45) is 5.92 Å². The minimum absolute atomic E-state index is 0.230. The fraction of sp³-hybridized carbons (Fsp3) is 0.688. The van der Waals surface area contributed by atoms with Gasteiger partial charge in [-0.2, -0.15) is 0 Å². The summed E-state index contributed by atoms with van der Waals surface area (Å²) in [4.78, 5) is 18.3. The molecule has 0 aromatic carbocycles. The molecular formula is C16H24N2O2S. The van der Waals surface area contributed by atoms with Gasteiger partial charge in [0.25, 0.3) is 5.91 Å². The Hall–Kier alpha value is -0.910. The van der Waals surface area contributed by atoms with Crippen molar-refractivity contribution in [3.63, 3.8) is 0 Å².